The predicted octanol–water partition coefficient (Wildman–Crippen LogP) is 7.05. The Bertz CT molecular complexity index is 1520. The van der Waals surface area contributed by atoms with Gasteiger partial charge in [0.15, 0.2) is 5.78 Å². The van der Waals surface area contributed by atoms with Gasteiger partial charge in [-0.15, -0.1) is 11.8 Å². The molecule has 0 aromatic heterocycles. The Morgan fingerprint density at radius 2 is 1.55 bits per heavy atom. The zero-order valence-corrected chi connectivity index (χ0v) is 26.1. The molecule has 1 amide bonds. The third-order valence-electron chi connectivity index (χ3n) is 7.12. The van der Waals surface area contributed by atoms with Crippen LogP contribution in [0.4, 0.5) is 11.4 Å². The Labute approximate surface area is 263 Å². The number of ether oxygens (including phenoxy) is 2. The number of hydrogen-bond donors (Lipinski definition) is 1. The van der Waals surface area contributed by atoms with Crippen LogP contribution in [0.2, 0.25) is 0 Å². The second-order valence-corrected chi connectivity index (χ2v) is 11.0. The molecule has 0 heterocycles. The summed E-state index contributed by atoms with van der Waals surface area (Å²) in [7, 11) is 1.35. The van der Waals surface area contributed by atoms with Crippen molar-refractivity contribution >= 4 is 40.8 Å². The lowest BCUT2D eigenvalue weighted by Gasteiger charge is -2.23. The van der Waals surface area contributed by atoms with Crippen molar-refractivity contribution in [3.05, 3.63) is 120 Å². The summed E-state index contributed by atoms with van der Waals surface area (Å²) in [6, 6.07) is 30.9. The molecule has 4 rings (SSSR count). The first kappa shape index (κ1) is 32.4. The van der Waals surface area contributed by atoms with E-state index < -0.39 is 12.0 Å². The van der Waals surface area contributed by atoms with Gasteiger partial charge in [0.25, 0.3) is 0 Å². The van der Waals surface area contributed by atoms with E-state index in [4.69, 9.17) is 9.47 Å². The van der Waals surface area contributed by atoms with Crippen LogP contribution in [0.5, 0.6) is 5.75 Å². The van der Waals surface area contributed by atoms with Crippen molar-refractivity contribution in [2.75, 3.05) is 36.7 Å². The van der Waals surface area contributed by atoms with Gasteiger partial charge in [-0.05, 0) is 66.8 Å². The number of carbonyl (C=O) groups is 3. The Hall–Kier alpha value is -4.56. The van der Waals surface area contributed by atoms with Crippen LogP contribution in [-0.2, 0) is 20.7 Å². The fourth-order valence-corrected chi connectivity index (χ4v) is 5.20. The van der Waals surface area contributed by atoms with Gasteiger partial charge in [-0.3, -0.25) is 9.59 Å². The molecular formula is C36H38N2O5S. The number of esters is 1. The predicted molar refractivity (Wildman–Crippen MR) is 177 cm³/mol. The van der Waals surface area contributed by atoms with Crippen LogP contribution in [-0.4, -0.2) is 50.2 Å². The second kappa shape index (κ2) is 16.3. The van der Waals surface area contributed by atoms with E-state index in [1.807, 2.05) is 86.0 Å². The number of carbonyl (C=O) groups excluding carboxylic acids is 3. The molecular weight excluding hydrogens is 572 g/mol. The Morgan fingerprint density at radius 1 is 0.864 bits per heavy atom. The lowest BCUT2D eigenvalue weighted by molar-refractivity contribution is -0.141. The molecule has 0 fully saturated rings. The van der Waals surface area contributed by atoms with E-state index in [2.05, 4.69) is 5.32 Å². The standard InChI is InChI=1S/C36H38N2O5S/c1-4-10-34(39)38(28-17-21-30(44-3)22-18-28)23-24-43-29-19-15-26(16-20-29)25-33(36(41)42-2)37-32-14-9-8-13-31(32)35(40)27-11-6-5-7-12-27/h5-9,11-22,33,37H,4,10,23-25H2,1-3H3/t33-/m0/s1. The molecule has 1 atom stereocenters. The summed E-state index contributed by atoms with van der Waals surface area (Å²) in [6.07, 6.45) is 3.61. The van der Waals surface area contributed by atoms with Crippen molar-refractivity contribution in [3.8, 4) is 5.75 Å². The molecule has 0 aliphatic rings. The lowest BCUT2D eigenvalue weighted by atomic mass is 10.00. The quantitative estimate of drug-likeness (QED) is 0.0877. The summed E-state index contributed by atoms with van der Waals surface area (Å²) >= 11 is 1.66. The monoisotopic (exact) mass is 610 g/mol. The van der Waals surface area contributed by atoms with Gasteiger partial charge in [-0.25, -0.2) is 4.79 Å². The molecule has 8 heteroatoms. The normalized spacial score (nSPS) is 11.3. The van der Waals surface area contributed by atoms with Gasteiger partial charge in [-0.1, -0.05) is 61.5 Å². The highest BCUT2D eigenvalue weighted by molar-refractivity contribution is 7.98. The van der Waals surface area contributed by atoms with Gasteiger partial charge in [0, 0.05) is 40.2 Å². The molecule has 1 N–H and O–H groups in total. The summed E-state index contributed by atoms with van der Waals surface area (Å²) in [5.41, 5.74) is 3.35. The summed E-state index contributed by atoms with van der Waals surface area (Å²) in [5.74, 6) is 0.160. The topological polar surface area (TPSA) is 84.9 Å². The van der Waals surface area contributed by atoms with Crippen molar-refractivity contribution in [1.29, 1.82) is 0 Å². The lowest BCUT2D eigenvalue weighted by Crippen LogP contribution is -2.34. The highest BCUT2D eigenvalue weighted by Crippen LogP contribution is 2.24. The number of hydrogen-bond acceptors (Lipinski definition) is 7. The largest absolute Gasteiger partial charge is 0.492 e. The number of ketones is 1. The number of nitrogens with one attached hydrogen (secondary N) is 1. The SMILES string of the molecule is CCCC(=O)N(CCOc1ccc(C[C@H](Nc2ccccc2C(=O)c2ccccc2)C(=O)OC)cc1)c1ccc(SC)cc1. The van der Waals surface area contributed by atoms with Crippen LogP contribution in [0.1, 0.15) is 41.3 Å². The van der Waals surface area contributed by atoms with Crippen LogP contribution < -0.4 is 15.0 Å². The van der Waals surface area contributed by atoms with Crippen molar-refractivity contribution in [2.45, 2.75) is 37.1 Å². The molecule has 0 saturated heterocycles. The molecule has 0 aliphatic heterocycles. The Morgan fingerprint density at radius 3 is 2.20 bits per heavy atom. The second-order valence-electron chi connectivity index (χ2n) is 10.2. The third-order valence-corrected chi connectivity index (χ3v) is 7.86. The average molecular weight is 611 g/mol. The van der Waals surface area contributed by atoms with E-state index in [1.54, 1.807) is 47.0 Å². The number of thioether (sulfide) groups is 1. The van der Waals surface area contributed by atoms with Crippen LogP contribution in [0.25, 0.3) is 0 Å². The third kappa shape index (κ3) is 8.74. The van der Waals surface area contributed by atoms with E-state index >= 15 is 0 Å². The van der Waals surface area contributed by atoms with E-state index in [0.29, 0.717) is 48.6 Å². The molecule has 7 nitrogen and oxygen atoms in total. The molecule has 0 radical (unpaired) electrons. The van der Waals surface area contributed by atoms with Crippen LogP contribution in [0.15, 0.2) is 108 Å². The number of benzene rings is 4. The molecule has 0 aliphatic carbocycles. The molecule has 0 unspecified atom stereocenters. The van der Waals surface area contributed by atoms with Crippen molar-refractivity contribution in [1.82, 2.24) is 0 Å². The van der Waals surface area contributed by atoms with Crippen LogP contribution in [0, 0.1) is 0 Å². The Balaban J connectivity index is 1.40. The summed E-state index contributed by atoms with van der Waals surface area (Å²) < 4.78 is 11.1. The molecule has 44 heavy (non-hydrogen) atoms. The molecule has 0 bridgehead atoms. The highest BCUT2D eigenvalue weighted by Gasteiger charge is 2.23. The zero-order valence-electron chi connectivity index (χ0n) is 25.3. The van der Waals surface area contributed by atoms with Gasteiger partial charge >= 0.3 is 5.97 Å². The van der Waals surface area contributed by atoms with Crippen molar-refractivity contribution < 1.29 is 23.9 Å². The maximum Gasteiger partial charge on any atom is 0.328 e. The molecule has 4 aromatic rings. The van der Waals surface area contributed by atoms with Gasteiger partial charge in [0.05, 0.1) is 13.7 Å². The fraction of sp³-hybridized carbons (Fsp3) is 0.250. The first-order valence-corrected chi connectivity index (χ1v) is 15.8. The number of nitrogens with zero attached hydrogens (tertiary/aromatic N) is 1. The number of anilines is 2. The highest BCUT2D eigenvalue weighted by atomic mass is 32.2. The Kier molecular flexibility index (Phi) is 12.0. The van der Waals surface area contributed by atoms with Gasteiger partial charge in [0.2, 0.25) is 5.91 Å². The number of rotatable bonds is 15. The molecule has 228 valence electrons. The minimum absolute atomic E-state index is 0.0664. The van der Waals surface area contributed by atoms with E-state index in [-0.39, 0.29) is 11.7 Å². The first-order valence-electron chi connectivity index (χ1n) is 14.6. The average Bonchev–Trinajstić information content (AvgIpc) is 3.07. The summed E-state index contributed by atoms with van der Waals surface area (Å²) in [5, 5.41) is 3.24. The minimum atomic E-state index is -0.716. The van der Waals surface area contributed by atoms with E-state index in [9.17, 15) is 14.4 Å². The van der Waals surface area contributed by atoms with E-state index in [1.165, 1.54) is 7.11 Å². The first-order chi connectivity index (χ1) is 21.4. The fourth-order valence-electron chi connectivity index (χ4n) is 4.80. The van der Waals surface area contributed by atoms with Crippen molar-refractivity contribution in [3.63, 3.8) is 0 Å². The van der Waals surface area contributed by atoms with Gasteiger partial charge in [0.1, 0.15) is 18.4 Å². The molecule has 4 aromatic carbocycles. The summed E-state index contributed by atoms with van der Waals surface area (Å²) in [4.78, 5) is 41.7. The van der Waals surface area contributed by atoms with Crippen molar-refractivity contribution in [2.24, 2.45) is 0 Å². The smallest absolute Gasteiger partial charge is 0.328 e. The van der Waals surface area contributed by atoms with Gasteiger partial charge in [-0.2, -0.15) is 0 Å². The maximum absolute atomic E-state index is 13.2. The maximum atomic E-state index is 13.2. The van der Waals surface area contributed by atoms with Crippen LogP contribution >= 0.6 is 11.8 Å². The number of amides is 1. The number of para-hydroxylation sites is 1. The molecule has 0 saturated carbocycles. The number of methoxy groups -OCH3 is 1. The van der Waals surface area contributed by atoms with Crippen LogP contribution in [0.3, 0.4) is 0 Å². The van der Waals surface area contributed by atoms with E-state index in [0.717, 1.165) is 22.6 Å². The summed E-state index contributed by atoms with van der Waals surface area (Å²) in [6.45, 7) is 2.75. The minimum Gasteiger partial charge on any atom is -0.492 e. The molecule has 0 spiro atoms. The zero-order chi connectivity index (χ0) is 31.3. The van der Waals surface area contributed by atoms with Gasteiger partial charge < -0.3 is 19.7 Å².